The molecule has 2 heterocycles. The van der Waals surface area contributed by atoms with Gasteiger partial charge in [0.05, 0.1) is 28.6 Å². The Morgan fingerprint density at radius 2 is 1.85 bits per heavy atom. The van der Waals surface area contributed by atoms with Crippen LogP contribution in [0.25, 0.3) is 16.6 Å². The topological polar surface area (TPSA) is 81.8 Å². The zero-order chi connectivity index (χ0) is 23.8. The number of nitrogens with one attached hydrogen (secondary N) is 1. The van der Waals surface area contributed by atoms with E-state index >= 15 is 0 Å². The van der Waals surface area contributed by atoms with Crippen LogP contribution in [0.2, 0.25) is 0 Å². The molecule has 8 heteroatoms. The van der Waals surface area contributed by atoms with E-state index in [-0.39, 0.29) is 35.7 Å². The molecule has 2 aromatic heterocycles. The van der Waals surface area contributed by atoms with Crippen molar-refractivity contribution in [3.05, 3.63) is 82.3 Å². The summed E-state index contributed by atoms with van der Waals surface area (Å²) in [5.41, 5.74) is 2.59. The molecule has 0 atom stereocenters. The molecule has 4 aromatic rings. The quantitative estimate of drug-likeness (QED) is 0.493. The minimum absolute atomic E-state index is 0.0817. The van der Waals surface area contributed by atoms with Crippen molar-refractivity contribution in [1.82, 2.24) is 19.3 Å². The van der Waals surface area contributed by atoms with Crippen LogP contribution in [0.3, 0.4) is 0 Å². The molecule has 0 fully saturated rings. The third-order valence-electron chi connectivity index (χ3n) is 5.45. The summed E-state index contributed by atoms with van der Waals surface area (Å²) in [5, 5.41) is 8.04. The number of halogens is 1. The van der Waals surface area contributed by atoms with E-state index in [4.69, 9.17) is 0 Å². The average Bonchev–Trinajstić information content (AvgIpc) is 3.18. The summed E-state index contributed by atoms with van der Waals surface area (Å²) in [6.07, 6.45) is 1.56. The molecule has 170 valence electrons. The third-order valence-corrected chi connectivity index (χ3v) is 5.45. The second kappa shape index (κ2) is 8.61. The summed E-state index contributed by atoms with van der Waals surface area (Å²) in [5.74, 6) is -0.136. The van der Waals surface area contributed by atoms with E-state index in [0.29, 0.717) is 22.4 Å². The highest BCUT2D eigenvalue weighted by molar-refractivity contribution is 5.90. The molecule has 1 N–H and O–H groups in total. The van der Waals surface area contributed by atoms with Crippen molar-refractivity contribution < 1.29 is 9.18 Å². The molecule has 0 unspecified atom stereocenters. The number of carbonyl (C=O) groups is 1. The van der Waals surface area contributed by atoms with Gasteiger partial charge in [-0.15, -0.1) is 0 Å². The second-order valence-electron chi connectivity index (χ2n) is 9.07. The summed E-state index contributed by atoms with van der Waals surface area (Å²) in [4.78, 5) is 29.9. The highest BCUT2D eigenvalue weighted by Gasteiger charge is 2.21. The Hall–Kier alpha value is -3.81. The van der Waals surface area contributed by atoms with Crippen LogP contribution >= 0.6 is 0 Å². The van der Waals surface area contributed by atoms with Crippen LogP contribution in [-0.2, 0) is 16.8 Å². The van der Waals surface area contributed by atoms with Gasteiger partial charge < -0.3 is 5.32 Å². The number of aromatic nitrogens is 4. The molecule has 0 bridgehead atoms. The number of para-hydroxylation sites is 1. The Bertz CT molecular complexity index is 1380. The van der Waals surface area contributed by atoms with Crippen LogP contribution in [0.4, 0.5) is 10.2 Å². The molecule has 33 heavy (non-hydrogen) atoms. The predicted octanol–water partition coefficient (Wildman–Crippen LogP) is 4.36. The van der Waals surface area contributed by atoms with Gasteiger partial charge in [0, 0.05) is 24.4 Å². The average molecular weight is 448 g/mol. The fourth-order valence-electron chi connectivity index (χ4n) is 3.54. The van der Waals surface area contributed by atoms with E-state index in [0.717, 1.165) is 11.3 Å². The minimum Gasteiger partial charge on any atom is -0.311 e. The van der Waals surface area contributed by atoms with E-state index in [9.17, 15) is 14.0 Å². The van der Waals surface area contributed by atoms with Crippen LogP contribution in [0.1, 0.15) is 38.4 Å². The number of anilines is 1. The zero-order valence-electron chi connectivity index (χ0n) is 19.1. The fraction of sp³-hybridized carbons (Fsp3) is 0.280. The number of hydrogen-bond donors (Lipinski definition) is 1. The van der Waals surface area contributed by atoms with Crippen LogP contribution < -0.4 is 10.9 Å². The Labute approximate surface area is 190 Å². The zero-order valence-corrected chi connectivity index (χ0v) is 19.1. The first-order chi connectivity index (χ1) is 15.6. The monoisotopic (exact) mass is 447 g/mol. The largest absolute Gasteiger partial charge is 0.311 e. The predicted molar refractivity (Wildman–Crippen MR) is 126 cm³/mol. The van der Waals surface area contributed by atoms with Crippen LogP contribution in [0, 0.1) is 12.7 Å². The standard InChI is InChI=1S/C25H26FN5O2/c1-16-6-5-7-19-23(16)27-15-30(24(19)33)13-12-22(32)28-21-14-20(25(2,3)4)29-31(21)18-10-8-17(26)9-11-18/h5-11,14-15H,12-13H2,1-4H3,(H,28,32). The number of carbonyl (C=O) groups excluding carboxylic acids is 1. The number of amides is 1. The van der Waals surface area contributed by atoms with Crippen molar-refractivity contribution in [2.45, 2.75) is 46.1 Å². The Kier molecular flexibility index (Phi) is 5.84. The molecule has 2 aromatic carbocycles. The summed E-state index contributed by atoms with van der Waals surface area (Å²) in [6.45, 7) is 8.17. The van der Waals surface area contributed by atoms with Gasteiger partial charge in [0.15, 0.2) is 0 Å². The van der Waals surface area contributed by atoms with E-state index in [2.05, 4.69) is 15.4 Å². The normalized spacial score (nSPS) is 11.7. The molecule has 7 nitrogen and oxygen atoms in total. The number of nitrogens with zero attached hydrogens (tertiary/aromatic N) is 4. The molecule has 0 spiro atoms. The van der Waals surface area contributed by atoms with Crippen LogP contribution in [-0.4, -0.2) is 25.2 Å². The van der Waals surface area contributed by atoms with Gasteiger partial charge in [-0.05, 0) is 42.8 Å². The lowest BCUT2D eigenvalue weighted by Gasteiger charge is -2.14. The smallest absolute Gasteiger partial charge is 0.261 e. The molecule has 1 amide bonds. The maximum absolute atomic E-state index is 13.4. The van der Waals surface area contributed by atoms with E-state index in [1.807, 2.05) is 45.9 Å². The van der Waals surface area contributed by atoms with Crippen LogP contribution in [0.5, 0.6) is 0 Å². The van der Waals surface area contributed by atoms with Crippen LogP contribution in [0.15, 0.2) is 59.7 Å². The third kappa shape index (κ3) is 4.69. The number of rotatable bonds is 5. The van der Waals surface area contributed by atoms with Gasteiger partial charge in [-0.3, -0.25) is 14.2 Å². The lowest BCUT2D eigenvalue weighted by molar-refractivity contribution is -0.116. The van der Waals surface area contributed by atoms with Crippen molar-refractivity contribution in [1.29, 1.82) is 0 Å². The summed E-state index contributed by atoms with van der Waals surface area (Å²) >= 11 is 0. The molecular weight excluding hydrogens is 421 g/mol. The van der Waals surface area contributed by atoms with Crippen molar-refractivity contribution in [3.63, 3.8) is 0 Å². The maximum atomic E-state index is 13.4. The molecule has 0 saturated heterocycles. The molecule has 4 rings (SSSR count). The molecule has 0 aliphatic rings. The number of fused-ring (bicyclic) bond motifs is 1. The number of hydrogen-bond acceptors (Lipinski definition) is 4. The lowest BCUT2D eigenvalue weighted by atomic mass is 9.92. The van der Waals surface area contributed by atoms with Gasteiger partial charge in [0.1, 0.15) is 11.6 Å². The van der Waals surface area contributed by atoms with Crippen molar-refractivity contribution in [3.8, 4) is 5.69 Å². The highest BCUT2D eigenvalue weighted by Crippen LogP contribution is 2.26. The molecular formula is C25H26FN5O2. The van der Waals surface area contributed by atoms with Gasteiger partial charge in [-0.25, -0.2) is 14.1 Å². The van der Waals surface area contributed by atoms with E-state index < -0.39 is 0 Å². The molecule has 0 aliphatic heterocycles. The van der Waals surface area contributed by atoms with E-state index in [1.165, 1.54) is 23.0 Å². The SMILES string of the molecule is Cc1cccc2c(=O)n(CCC(=O)Nc3cc(C(C)(C)C)nn3-c3ccc(F)cc3)cnc12. The molecule has 0 radical (unpaired) electrons. The van der Waals surface area contributed by atoms with Crippen molar-refractivity contribution >= 4 is 22.6 Å². The first-order valence-corrected chi connectivity index (χ1v) is 10.7. The van der Waals surface area contributed by atoms with Crippen molar-refractivity contribution in [2.24, 2.45) is 0 Å². The fourth-order valence-corrected chi connectivity index (χ4v) is 3.54. The van der Waals surface area contributed by atoms with Gasteiger partial charge in [-0.1, -0.05) is 32.9 Å². The Morgan fingerprint density at radius 1 is 1.12 bits per heavy atom. The number of aryl methyl sites for hydroxylation is 2. The maximum Gasteiger partial charge on any atom is 0.261 e. The first-order valence-electron chi connectivity index (χ1n) is 10.7. The van der Waals surface area contributed by atoms with Gasteiger partial charge >= 0.3 is 0 Å². The van der Waals surface area contributed by atoms with Gasteiger partial charge in [0.2, 0.25) is 5.91 Å². The van der Waals surface area contributed by atoms with Gasteiger partial charge in [-0.2, -0.15) is 5.10 Å². The Balaban J connectivity index is 1.56. The summed E-state index contributed by atoms with van der Waals surface area (Å²) in [7, 11) is 0. The minimum atomic E-state index is -0.350. The Morgan fingerprint density at radius 3 is 2.55 bits per heavy atom. The lowest BCUT2D eigenvalue weighted by Crippen LogP contribution is -2.24. The van der Waals surface area contributed by atoms with Gasteiger partial charge in [0.25, 0.3) is 5.56 Å². The second-order valence-corrected chi connectivity index (χ2v) is 9.07. The van der Waals surface area contributed by atoms with E-state index in [1.54, 1.807) is 22.9 Å². The molecule has 0 aliphatic carbocycles. The van der Waals surface area contributed by atoms with Crippen molar-refractivity contribution in [2.75, 3.05) is 5.32 Å². The summed E-state index contributed by atoms with van der Waals surface area (Å²) < 4.78 is 16.4. The molecule has 0 saturated carbocycles. The first kappa shape index (κ1) is 22.4. The number of benzene rings is 2. The highest BCUT2D eigenvalue weighted by atomic mass is 19.1. The summed E-state index contributed by atoms with van der Waals surface area (Å²) in [6, 6.07) is 13.2.